The zero-order valence-corrected chi connectivity index (χ0v) is 14.1. The smallest absolute Gasteiger partial charge is 0.337 e. The lowest BCUT2D eigenvalue weighted by Gasteiger charge is -2.10. The monoisotopic (exact) mass is 351 g/mol. The molecule has 0 fully saturated rings. The summed E-state index contributed by atoms with van der Waals surface area (Å²) in [6, 6.07) is 4.77. The number of hydrogen-bond donors (Lipinski definition) is 2. The minimum atomic E-state index is -0.448. The van der Waals surface area contributed by atoms with Crippen LogP contribution in [0.2, 0.25) is 5.02 Å². The highest BCUT2D eigenvalue weighted by atomic mass is 35.5. The van der Waals surface area contributed by atoms with Gasteiger partial charge in [-0.3, -0.25) is 0 Å². The second kappa shape index (κ2) is 8.99. The number of hydrogen-bond acceptors (Lipinski definition) is 8. The Balaban J connectivity index is 2.09. The SMILES string of the molecule is COCCCNc1nncc(Nc2cc(C(=O)OC)ccc2Cl)n1. The maximum absolute atomic E-state index is 11.6. The molecule has 1 aromatic heterocycles. The molecule has 2 rings (SSSR count). The summed E-state index contributed by atoms with van der Waals surface area (Å²) in [7, 11) is 2.97. The van der Waals surface area contributed by atoms with Gasteiger partial charge in [0.15, 0.2) is 5.82 Å². The first-order valence-electron chi connectivity index (χ1n) is 7.21. The van der Waals surface area contributed by atoms with Crippen LogP contribution in [-0.2, 0) is 9.47 Å². The molecular formula is C15H18ClN5O3. The average molecular weight is 352 g/mol. The number of halogens is 1. The zero-order chi connectivity index (χ0) is 17.4. The van der Waals surface area contributed by atoms with E-state index < -0.39 is 5.97 Å². The number of nitrogens with one attached hydrogen (secondary N) is 2. The van der Waals surface area contributed by atoms with Crippen LogP contribution in [0.4, 0.5) is 17.5 Å². The van der Waals surface area contributed by atoms with E-state index in [0.717, 1.165) is 6.42 Å². The lowest BCUT2D eigenvalue weighted by molar-refractivity contribution is 0.0601. The summed E-state index contributed by atoms with van der Waals surface area (Å²) in [5.41, 5.74) is 0.898. The number of nitrogens with zero attached hydrogens (tertiary/aromatic N) is 3. The number of esters is 1. The van der Waals surface area contributed by atoms with Gasteiger partial charge in [-0.1, -0.05) is 11.6 Å². The molecule has 0 bridgehead atoms. The molecule has 128 valence electrons. The van der Waals surface area contributed by atoms with Crippen molar-refractivity contribution in [3.8, 4) is 0 Å². The van der Waals surface area contributed by atoms with E-state index in [1.54, 1.807) is 25.3 Å². The second-order valence-corrected chi connectivity index (χ2v) is 5.16. The highest BCUT2D eigenvalue weighted by Crippen LogP contribution is 2.26. The summed E-state index contributed by atoms with van der Waals surface area (Å²) >= 11 is 6.14. The number of benzene rings is 1. The van der Waals surface area contributed by atoms with Crippen molar-refractivity contribution in [2.45, 2.75) is 6.42 Å². The molecule has 1 aromatic carbocycles. The highest BCUT2D eigenvalue weighted by Gasteiger charge is 2.10. The number of anilines is 3. The van der Waals surface area contributed by atoms with E-state index in [1.807, 2.05) is 0 Å². The highest BCUT2D eigenvalue weighted by molar-refractivity contribution is 6.33. The number of ether oxygens (including phenoxy) is 2. The molecule has 9 heteroatoms. The van der Waals surface area contributed by atoms with Gasteiger partial charge in [-0.2, -0.15) is 10.1 Å². The molecule has 0 atom stereocenters. The van der Waals surface area contributed by atoms with Crippen molar-refractivity contribution in [3.63, 3.8) is 0 Å². The first-order chi connectivity index (χ1) is 11.6. The Labute approximate surface area is 144 Å². The van der Waals surface area contributed by atoms with Gasteiger partial charge in [-0.15, -0.1) is 5.10 Å². The van der Waals surface area contributed by atoms with E-state index in [2.05, 4.69) is 25.8 Å². The first-order valence-corrected chi connectivity index (χ1v) is 7.59. The van der Waals surface area contributed by atoms with Gasteiger partial charge >= 0.3 is 5.97 Å². The molecular weight excluding hydrogens is 334 g/mol. The van der Waals surface area contributed by atoms with Crippen LogP contribution in [0.25, 0.3) is 0 Å². The number of carbonyl (C=O) groups excluding carboxylic acids is 1. The van der Waals surface area contributed by atoms with E-state index in [-0.39, 0.29) is 0 Å². The lowest BCUT2D eigenvalue weighted by atomic mass is 10.2. The Morgan fingerprint density at radius 1 is 1.33 bits per heavy atom. The third-order valence-corrected chi connectivity index (χ3v) is 3.35. The van der Waals surface area contributed by atoms with Crippen molar-refractivity contribution >= 4 is 35.0 Å². The Morgan fingerprint density at radius 2 is 2.17 bits per heavy atom. The largest absolute Gasteiger partial charge is 0.465 e. The maximum atomic E-state index is 11.6. The van der Waals surface area contributed by atoms with Gasteiger partial charge in [0.05, 0.1) is 29.6 Å². The molecule has 24 heavy (non-hydrogen) atoms. The number of methoxy groups -OCH3 is 2. The predicted octanol–water partition coefficient (Wildman–Crippen LogP) is 2.50. The van der Waals surface area contributed by atoms with E-state index in [9.17, 15) is 4.79 Å². The van der Waals surface area contributed by atoms with Crippen LogP contribution in [0, 0.1) is 0 Å². The Hall–Kier alpha value is -2.45. The van der Waals surface area contributed by atoms with Crippen LogP contribution < -0.4 is 10.6 Å². The standard InChI is InChI=1S/C15H18ClN5O3/c1-23-7-3-6-17-15-20-13(9-18-21-15)19-12-8-10(14(22)24-2)4-5-11(12)16/h4-5,8-9H,3,6-7H2,1-2H3,(H2,17,19,20,21). The lowest BCUT2D eigenvalue weighted by Crippen LogP contribution is -2.09. The zero-order valence-electron chi connectivity index (χ0n) is 13.4. The maximum Gasteiger partial charge on any atom is 0.337 e. The van der Waals surface area contributed by atoms with Gasteiger partial charge in [-0.05, 0) is 24.6 Å². The van der Waals surface area contributed by atoms with E-state index >= 15 is 0 Å². The topological polar surface area (TPSA) is 98.3 Å². The summed E-state index contributed by atoms with van der Waals surface area (Å²) in [6.07, 6.45) is 2.28. The predicted molar refractivity (Wildman–Crippen MR) is 90.9 cm³/mol. The molecule has 0 amide bonds. The third kappa shape index (κ3) is 5.04. The van der Waals surface area contributed by atoms with E-state index in [1.165, 1.54) is 13.3 Å². The molecule has 0 spiro atoms. The van der Waals surface area contributed by atoms with Gasteiger partial charge in [0.1, 0.15) is 0 Å². The van der Waals surface area contributed by atoms with Crippen LogP contribution in [-0.4, -0.2) is 48.5 Å². The molecule has 2 N–H and O–H groups in total. The number of aromatic nitrogens is 3. The summed E-state index contributed by atoms with van der Waals surface area (Å²) in [4.78, 5) is 15.9. The summed E-state index contributed by atoms with van der Waals surface area (Å²) < 4.78 is 9.67. The quantitative estimate of drug-likeness (QED) is 0.553. The van der Waals surface area contributed by atoms with Gasteiger partial charge in [0.2, 0.25) is 5.95 Å². The molecule has 0 aliphatic heterocycles. The fourth-order valence-electron chi connectivity index (χ4n) is 1.86. The van der Waals surface area contributed by atoms with Crippen LogP contribution >= 0.6 is 11.6 Å². The number of carbonyl (C=O) groups is 1. The van der Waals surface area contributed by atoms with Crippen LogP contribution in [0.1, 0.15) is 16.8 Å². The fourth-order valence-corrected chi connectivity index (χ4v) is 2.02. The molecule has 1 heterocycles. The van der Waals surface area contributed by atoms with E-state index in [4.69, 9.17) is 21.1 Å². The molecule has 0 radical (unpaired) electrons. The van der Waals surface area contributed by atoms with Crippen LogP contribution in [0.5, 0.6) is 0 Å². The van der Waals surface area contributed by atoms with Crippen LogP contribution in [0.3, 0.4) is 0 Å². The van der Waals surface area contributed by atoms with Crippen molar-refractivity contribution in [1.29, 1.82) is 0 Å². The van der Waals surface area contributed by atoms with Gasteiger partial charge < -0.3 is 20.1 Å². The van der Waals surface area contributed by atoms with Crippen molar-refractivity contribution in [2.75, 3.05) is 38.0 Å². The van der Waals surface area contributed by atoms with Crippen LogP contribution in [0.15, 0.2) is 24.4 Å². The second-order valence-electron chi connectivity index (χ2n) is 4.75. The molecule has 0 aliphatic rings. The normalized spacial score (nSPS) is 10.3. The van der Waals surface area contributed by atoms with Gasteiger partial charge in [0.25, 0.3) is 0 Å². The Kier molecular flexibility index (Phi) is 6.71. The van der Waals surface area contributed by atoms with Gasteiger partial charge in [0, 0.05) is 20.3 Å². The molecule has 0 aliphatic carbocycles. The van der Waals surface area contributed by atoms with Gasteiger partial charge in [-0.25, -0.2) is 4.79 Å². The Bertz CT molecular complexity index is 699. The summed E-state index contributed by atoms with van der Waals surface area (Å²) in [5.74, 6) is 0.385. The summed E-state index contributed by atoms with van der Waals surface area (Å²) in [5, 5.41) is 14.3. The Morgan fingerprint density at radius 3 is 2.92 bits per heavy atom. The molecule has 2 aromatic rings. The first kappa shape index (κ1) is 17.9. The molecule has 0 unspecified atom stereocenters. The third-order valence-electron chi connectivity index (χ3n) is 3.02. The minimum Gasteiger partial charge on any atom is -0.465 e. The van der Waals surface area contributed by atoms with Crippen molar-refractivity contribution in [1.82, 2.24) is 15.2 Å². The van der Waals surface area contributed by atoms with Crippen molar-refractivity contribution in [3.05, 3.63) is 35.0 Å². The molecule has 8 nitrogen and oxygen atoms in total. The average Bonchev–Trinajstić information content (AvgIpc) is 2.60. The number of rotatable bonds is 8. The van der Waals surface area contributed by atoms with E-state index in [0.29, 0.717) is 41.2 Å². The fraction of sp³-hybridized carbons (Fsp3) is 0.333. The van der Waals surface area contributed by atoms with Crippen molar-refractivity contribution in [2.24, 2.45) is 0 Å². The van der Waals surface area contributed by atoms with Crippen molar-refractivity contribution < 1.29 is 14.3 Å². The minimum absolute atomic E-state index is 0.379. The summed E-state index contributed by atoms with van der Waals surface area (Å²) in [6.45, 7) is 1.31. The molecule has 0 saturated carbocycles. The molecule has 0 saturated heterocycles.